The van der Waals surface area contributed by atoms with Crippen LogP contribution in [0.25, 0.3) is 0 Å². The normalized spacial score (nSPS) is 11.9. The number of carboxylic acids is 1. The van der Waals surface area contributed by atoms with Crippen LogP contribution < -0.4 is 4.74 Å². The number of carbonyl (C=O) groups is 2. The average Bonchev–Trinajstić information content (AvgIpc) is 2.78. The van der Waals surface area contributed by atoms with E-state index in [4.69, 9.17) is 14.2 Å². The van der Waals surface area contributed by atoms with Crippen LogP contribution >= 0.6 is 0 Å². The van der Waals surface area contributed by atoms with Crippen molar-refractivity contribution in [2.75, 3.05) is 26.3 Å². The molecule has 0 spiro atoms. The lowest BCUT2D eigenvalue weighted by atomic mass is 10.1. The number of hydrogen-bond donors (Lipinski definition) is 1. The minimum Gasteiger partial charge on any atom is -0.494 e. The first kappa shape index (κ1) is 28.8. The van der Waals surface area contributed by atoms with Crippen LogP contribution in [0.4, 0.5) is 4.79 Å². The number of hydrogen-bond acceptors (Lipinski definition) is 5. The van der Waals surface area contributed by atoms with E-state index in [1.807, 2.05) is 45.0 Å². The maximum atomic E-state index is 12.3. The molecule has 0 fully saturated rings. The number of carbonyl (C=O) groups excluding carboxylic acids is 1. The predicted molar refractivity (Wildman–Crippen MR) is 130 cm³/mol. The van der Waals surface area contributed by atoms with Crippen molar-refractivity contribution < 1.29 is 28.9 Å². The van der Waals surface area contributed by atoms with Gasteiger partial charge in [0.2, 0.25) is 0 Å². The molecule has 1 N–H and O–H groups in total. The van der Waals surface area contributed by atoms with Crippen molar-refractivity contribution in [3.63, 3.8) is 0 Å². The van der Waals surface area contributed by atoms with Crippen LogP contribution in [0, 0.1) is 0 Å². The first-order valence-corrected chi connectivity index (χ1v) is 12.4. The molecule has 7 heteroatoms. The van der Waals surface area contributed by atoms with Crippen LogP contribution in [-0.2, 0) is 20.7 Å². The number of amides is 1. The van der Waals surface area contributed by atoms with Crippen molar-refractivity contribution in [1.82, 2.24) is 4.90 Å². The van der Waals surface area contributed by atoms with Crippen molar-refractivity contribution in [2.45, 2.75) is 91.3 Å². The minimum absolute atomic E-state index is 0.149. The molecule has 1 aromatic rings. The fourth-order valence-corrected chi connectivity index (χ4v) is 3.38. The summed E-state index contributed by atoms with van der Waals surface area (Å²) in [5.41, 5.74) is 0.878. The maximum absolute atomic E-state index is 12.3. The van der Waals surface area contributed by atoms with Crippen LogP contribution in [0.15, 0.2) is 24.3 Å². The third kappa shape index (κ3) is 13.1. The molecule has 0 aliphatic heterocycles. The first-order valence-electron chi connectivity index (χ1n) is 12.4. The summed E-state index contributed by atoms with van der Waals surface area (Å²) in [5.74, 6) is -0.244. The van der Waals surface area contributed by atoms with Gasteiger partial charge in [0, 0.05) is 19.5 Å². The minimum atomic E-state index is -0.962. The van der Waals surface area contributed by atoms with Crippen LogP contribution in [-0.4, -0.2) is 60.6 Å². The molecule has 1 aromatic carbocycles. The number of benzene rings is 1. The highest BCUT2D eigenvalue weighted by atomic mass is 16.6. The highest BCUT2D eigenvalue weighted by molar-refractivity contribution is 5.72. The molecule has 7 nitrogen and oxygen atoms in total. The molecule has 1 atom stereocenters. The van der Waals surface area contributed by atoms with E-state index >= 15 is 0 Å². The van der Waals surface area contributed by atoms with E-state index in [0.717, 1.165) is 30.6 Å². The van der Waals surface area contributed by atoms with Crippen LogP contribution in [0.1, 0.15) is 78.2 Å². The summed E-state index contributed by atoms with van der Waals surface area (Å²) in [6, 6.07) is 7.40. The Kier molecular flexibility index (Phi) is 15.0. The zero-order valence-electron chi connectivity index (χ0n) is 20.9. The second kappa shape index (κ2) is 17.2. The summed E-state index contributed by atoms with van der Waals surface area (Å²) in [6.45, 7) is 10.1. The van der Waals surface area contributed by atoms with Gasteiger partial charge in [-0.3, -0.25) is 0 Å². The second-order valence-corrected chi connectivity index (χ2v) is 8.58. The Bertz CT molecular complexity index is 661. The number of aliphatic carboxylic acids is 1. The molecule has 1 rings (SSSR count). The van der Waals surface area contributed by atoms with Gasteiger partial charge in [-0.05, 0) is 50.8 Å². The van der Waals surface area contributed by atoms with Crippen molar-refractivity contribution in [2.24, 2.45) is 0 Å². The monoisotopic (exact) mass is 465 g/mol. The molecule has 0 aromatic heterocycles. The fraction of sp³-hybridized carbons (Fsp3) is 0.692. The van der Waals surface area contributed by atoms with E-state index in [-0.39, 0.29) is 12.2 Å². The molecule has 0 radical (unpaired) electrons. The Morgan fingerprint density at radius 1 is 0.909 bits per heavy atom. The highest BCUT2D eigenvalue weighted by Crippen LogP contribution is 2.16. The number of nitrogens with zero attached hydrogens (tertiary/aromatic N) is 1. The van der Waals surface area contributed by atoms with Gasteiger partial charge >= 0.3 is 12.1 Å². The van der Waals surface area contributed by atoms with Gasteiger partial charge in [0.15, 0.2) is 6.10 Å². The SMILES string of the molecule is CCCCCCCN(CCCOc1ccc(CC(OC(C)C)C(=O)O)cc1)C(=O)OCCC. The molecule has 33 heavy (non-hydrogen) atoms. The molecule has 188 valence electrons. The van der Waals surface area contributed by atoms with Crippen molar-refractivity contribution in [3.8, 4) is 5.75 Å². The van der Waals surface area contributed by atoms with Crippen LogP contribution in [0.5, 0.6) is 5.75 Å². The number of rotatable bonds is 18. The Morgan fingerprint density at radius 3 is 2.18 bits per heavy atom. The third-order valence-corrected chi connectivity index (χ3v) is 5.12. The molecule has 0 aliphatic carbocycles. The lowest BCUT2D eigenvalue weighted by Crippen LogP contribution is -2.34. The number of unbranched alkanes of at least 4 members (excludes halogenated alkanes) is 4. The lowest BCUT2D eigenvalue weighted by Gasteiger charge is -2.22. The Balaban J connectivity index is 2.46. The van der Waals surface area contributed by atoms with E-state index in [2.05, 4.69) is 6.92 Å². The number of carboxylic acid groups (broad SMARTS) is 1. The van der Waals surface area contributed by atoms with Crippen molar-refractivity contribution in [1.29, 1.82) is 0 Å². The predicted octanol–water partition coefficient (Wildman–Crippen LogP) is 5.70. The van der Waals surface area contributed by atoms with Gasteiger partial charge in [-0.1, -0.05) is 51.7 Å². The zero-order chi connectivity index (χ0) is 24.5. The van der Waals surface area contributed by atoms with E-state index < -0.39 is 12.1 Å². The highest BCUT2D eigenvalue weighted by Gasteiger charge is 2.20. The summed E-state index contributed by atoms with van der Waals surface area (Å²) >= 11 is 0. The fourth-order valence-electron chi connectivity index (χ4n) is 3.38. The first-order chi connectivity index (χ1) is 15.9. The van der Waals surface area contributed by atoms with Crippen molar-refractivity contribution in [3.05, 3.63) is 29.8 Å². The molecular formula is C26H43NO6. The molecule has 1 amide bonds. The van der Waals surface area contributed by atoms with Crippen LogP contribution in [0.3, 0.4) is 0 Å². The molecule has 1 unspecified atom stereocenters. The molecule has 0 saturated carbocycles. The topological polar surface area (TPSA) is 85.3 Å². The standard InChI is InChI=1S/C26H43NO6/c1-5-7-8-9-10-16-27(26(30)32-18-6-2)17-11-19-31-23-14-12-22(13-15-23)20-24(25(28)29)33-21(3)4/h12-15,21,24H,5-11,16-20H2,1-4H3,(H,28,29). The van der Waals surface area contributed by atoms with E-state index in [1.165, 1.54) is 19.3 Å². The van der Waals surface area contributed by atoms with Gasteiger partial charge in [-0.15, -0.1) is 0 Å². The molecule has 0 heterocycles. The quantitative estimate of drug-likeness (QED) is 0.280. The zero-order valence-corrected chi connectivity index (χ0v) is 20.9. The smallest absolute Gasteiger partial charge is 0.409 e. The van der Waals surface area contributed by atoms with Gasteiger partial charge < -0.3 is 24.2 Å². The molecule has 0 aliphatic rings. The lowest BCUT2D eigenvalue weighted by molar-refractivity contribution is -0.153. The van der Waals surface area contributed by atoms with E-state index in [0.29, 0.717) is 39.1 Å². The maximum Gasteiger partial charge on any atom is 0.409 e. The Labute approximate surface area is 199 Å². The van der Waals surface area contributed by atoms with Gasteiger partial charge in [0.05, 0.1) is 19.3 Å². The third-order valence-electron chi connectivity index (χ3n) is 5.12. The van der Waals surface area contributed by atoms with Gasteiger partial charge in [-0.2, -0.15) is 0 Å². The second-order valence-electron chi connectivity index (χ2n) is 8.58. The van der Waals surface area contributed by atoms with Gasteiger partial charge in [-0.25, -0.2) is 9.59 Å². The summed E-state index contributed by atoms with van der Waals surface area (Å²) in [5, 5.41) is 9.32. The molecule has 0 saturated heterocycles. The molecule has 0 bridgehead atoms. The summed E-state index contributed by atoms with van der Waals surface area (Å²) in [7, 11) is 0. The van der Waals surface area contributed by atoms with Gasteiger partial charge in [0.25, 0.3) is 0 Å². The summed E-state index contributed by atoms with van der Waals surface area (Å²) in [6.07, 6.45) is 6.31. The van der Waals surface area contributed by atoms with Crippen LogP contribution in [0.2, 0.25) is 0 Å². The van der Waals surface area contributed by atoms with Gasteiger partial charge in [0.1, 0.15) is 5.75 Å². The molecular weight excluding hydrogens is 422 g/mol. The Morgan fingerprint density at radius 2 is 1.58 bits per heavy atom. The number of ether oxygens (including phenoxy) is 3. The summed E-state index contributed by atoms with van der Waals surface area (Å²) in [4.78, 5) is 25.5. The average molecular weight is 466 g/mol. The van der Waals surface area contributed by atoms with E-state index in [9.17, 15) is 14.7 Å². The van der Waals surface area contributed by atoms with E-state index in [1.54, 1.807) is 4.90 Å². The summed E-state index contributed by atoms with van der Waals surface area (Å²) < 4.78 is 16.6. The largest absolute Gasteiger partial charge is 0.494 e. The van der Waals surface area contributed by atoms with Crippen molar-refractivity contribution >= 4 is 12.1 Å². The Hall–Kier alpha value is -2.28.